The maximum Gasteiger partial charge on any atom is 0.350 e. The number of imidazole rings is 1. The monoisotopic (exact) mass is 542 g/mol. The van der Waals surface area contributed by atoms with Gasteiger partial charge in [-0.05, 0) is 50.3 Å². The Morgan fingerprint density at radius 3 is 2.55 bits per heavy atom. The van der Waals surface area contributed by atoms with E-state index in [2.05, 4.69) is 54.6 Å². The molecule has 0 saturated carbocycles. The molecule has 0 aliphatic carbocycles. The van der Waals surface area contributed by atoms with Crippen LogP contribution in [0.2, 0.25) is 5.02 Å². The van der Waals surface area contributed by atoms with Crippen molar-refractivity contribution in [3.05, 3.63) is 51.7 Å². The fraction of sp³-hybridized carbons (Fsp3) is 0.607. The standard InChI is InChI=1S/C28H39ClN6O3/c1-17(2)12-22(20-6-8-21(29)9-7-20)34-13-19(4)35(14-18(34)3)26-25-27(32(5)28(37)31-26)33(16-30-25)15-24-23(36)10-11-38-24/h6-9,16-19,22-24,36H,10-15H2,1-5H3/t18-,19+,22?,23+,24-/m1/s1. The molecule has 0 bridgehead atoms. The van der Waals surface area contributed by atoms with Crippen LogP contribution in [0.4, 0.5) is 5.82 Å². The topological polar surface area (TPSA) is 88.7 Å². The first-order chi connectivity index (χ1) is 18.1. The molecule has 2 aliphatic heterocycles. The largest absolute Gasteiger partial charge is 0.390 e. The van der Waals surface area contributed by atoms with Crippen LogP contribution in [0.15, 0.2) is 35.4 Å². The van der Waals surface area contributed by atoms with Gasteiger partial charge in [-0.2, -0.15) is 4.98 Å². The minimum atomic E-state index is -0.515. The number of aromatic nitrogens is 4. The molecule has 2 fully saturated rings. The molecule has 2 aromatic heterocycles. The first kappa shape index (κ1) is 27.1. The quantitative estimate of drug-likeness (QED) is 0.488. The molecule has 0 amide bonds. The van der Waals surface area contributed by atoms with E-state index < -0.39 is 6.10 Å². The smallest absolute Gasteiger partial charge is 0.350 e. The third-order valence-electron chi connectivity index (χ3n) is 8.04. The molecule has 2 aliphatic rings. The Morgan fingerprint density at radius 1 is 1.16 bits per heavy atom. The first-order valence-corrected chi connectivity index (χ1v) is 14.0. The van der Waals surface area contributed by atoms with Crippen LogP contribution in [-0.4, -0.2) is 73.1 Å². The van der Waals surface area contributed by atoms with Crippen molar-refractivity contribution in [1.29, 1.82) is 0 Å². The zero-order valence-corrected chi connectivity index (χ0v) is 23.7. The summed E-state index contributed by atoms with van der Waals surface area (Å²) in [4.78, 5) is 27.0. The normalized spacial score (nSPS) is 25.5. The lowest BCUT2D eigenvalue weighted by Crippen LogP contribution is -2.58. The number of ether oxygens (including phenoxy) is 1. The molecule has 3 aromatic rings. The van der Waals surface area contributed by atoms with Crippen LogP contribution in [0.25, 0.3) is 11.2 Å². The van der Waals surface area contributed by atoms with Crippen LogP contribution in [0, 0.1) is 5.92 Å². The second kappa shape index (κ2) is 11.0. The van der Waals surface area contributed by atoms with Crippen molar-refractivity contribution in [2.75, 3.05) is 24.6 Å². The van der Waals surface area contributed by atoms with Gasteiger partial charge in [0.1, 0.15) is 17.3 Å². The summed E-state index contributed by atoms with van der Waals surface area (Å²) in [6.07, 6.45) is 2.57. The van der Waals surface area contributed by atoms with Gasteiger partial charge in [-0.1, -0.05) is 37.6 Å². The van der Waals surface area contributed by atoms with Crippen molar-refractivity contribution in [3.63, 3.8) is 0 Å². The predicted octanol–water partition coefficient (Wildman–Crippen LogP) is 3.62. The van der Waals surface area contributed by atoms with E-state index in [4.69, 9.17) is 21.3 Å². The molecule has 10 heteroatoms. The SMILES string of the molecule is CC(C)CC(c1ccc(Cl)cc1)N1C[C@H](C)N(c2nc(=O)n(C)c3c2ncn3C[C@H]2OCC[C@@H]2O)C[C@H]1C. The van der Waals surface area contributed by atoms with Crippen LogP contribution >= 0.6 is 11.6 Å². The number of anilines is 1. The lowest BCUT2D eigenvalue weighted by atomic mass is 9.92. The van der Waals surface area contributed by atoms with E-state index in [1.54, 1.807) is 13.4 Å². The van der Waals surface area contributed by atoms with Gasteiger partial charge in [0.15, 0.2) is 5.82 Å². The summed E-state index contributed by atoms with van der Waals surface area (Å²) in [6.45, 7) is 11.5. The van der Waals surface area contributed by atoms with Crippen LogP contribution in [0.5, 0.6) is 0 Å². The second-order valence-electron chi connectivity index (χ2n) is 11.4. The van der Waals surface area contributed by atoms with Gasteiger partial charge in [0, 0.05) is 49.9 Å². The third kappa shape index (κ3) is 5.21. The summed E-state index contributed by atoms with van der Waals surface area (Å²) in [6, 6.07) is 8.87. The number of hydrogen-bond donors (Lipinski definition) is 1. The predicted molar refractivity (Wildman–Crippen MR) is 150 cm³/mol. The molecule has 5 rings (SSSR count). The molecule has 1 unspecified atom stereocenters. The molecule has 0 spiro atoms. The summed E-state index contributed by atoms with van der Waals surface area (Å²) >= 11 is 6.19. The summed E-state index contributed by atoms with van der Waals surface area (Å²) in [7, 11) is 1.72. The lowest BCUT2D eigenvalue weighted by molar-refractivity contribution is 0.0316. The summed E-state index contributed by atoms with van der Waals surface area (Å²) in [5.74, 6) is 1.17. The number of aliphatic hydroxyl groups is 1. The van der Waals surface area contributed by atoms with Crippen molar-refractivity contribution >= 4 is 28.6 Å². The highest BCUT2D eigenvalue weighted by Gasteiger charge is 2.36. The summed E-state index contributed by atoms with van der Waals surface area (Å²) < 4.78 is 9.16. The maximum atomic E-state index is 13.0. The number of nitrogens with zero attached hydrogens (tertiary/aromatic N) is 6. The average Bonchev–Trinajstić information content (AvgIpc) is 3.48. The van der Waals surface area contributed by atoms with E-state index in [9.17, 15) is 9.90 Å². The Morgan fingerprint density at radius 2 is 1.89 bits per heavy atom. The summed E-state index contributed by atoms with van der Waals surface area (Å²) in [5.41, 5.74) is 2.36. The Bertz CT molecular complexity index is 1320. The zero-order valence-electron chi connectivity index (χ0n) is 22.9. The van der Waals surface area contributed by atoms with E-state index in [1.807, 2.05) is 16.7 Å². The third-order valence-corrected chi connectivity index (χ3v) is 8.29. The number of fused-ring (bicyclic) bond motifs is 1. The molecule has 38 heavy (non-hydrogen) atoms. The fourth-order valence-corrected chi connectivity index (χ4v) is 6.14. The minimum absolute atomic E-state index is 0.126. The minimum Gasteiger partial charge on any atom is -0.390 e. The van der Waals surface area contributed by atoms with Gasteiger partial charge < -0.3 is 19.3 Å². The average molecular weight is 543 g/mol. The lowest BCUT2D eigenvalue weighted by Gasteiger charge is -2.48. The van der Waals surface area contributed by atoms with Crippen molar-refractivity contribution in [2.45, 2.75) is 77.4 Å². The zero-order chi connectivity index (χ0) is 27.1. The Kier molecular flexibility index (Phi) is 7.82. The van der Waals surface area contributed by atoms with Crippen molar-refractivity contribution in [2.24, 2.45) is 13.0 Å². The van der Waals surface area contributed by atoms with Gasteiger partial charge in [0.05, 0.1) is 19.0 Å². The molecule has 1 aromatic carbocycles. The number of piperazine rings is 1. The van der Waals surface area contributed by atoms with E-state index in [0.29, 0.717) is 42.5 Å². The van der Waals surface area contributed by atoms with Gasteiger partial charge in [0.2, 0.25) is 0 Å². The molecule has 9 nitrogen and oxygen atoms in total. The fourth-order valence-electron chi connectivity index (χ4n) is 6.01. The van der Waals surface area contributed by atoms with Crippen molar-refractivity contribution in [3.8, 4) is 0 Å². The van der Waals surface area contributed by atoms with Gasteiger partial charge >= 0.3 is 5.69 Å². The van der Waals surface area contributed by atoms with Crippen LogP contribution < -0.4 is 10.6 Å². The van der Waals surface area contributed by atoms with E-state index in [1.165, 1.54) is 10.1 Å². The highest BCUT2D eigenvalue weighted by molar-refractivity contribution is 6.30. The maximum absolute atomic E-state index is 13.0. The molecule has 1 N–H and O–H groups in total. The van der Waals surface area contributed by atoms with E-state index in [-0.39, 0.29) is 29.9 Å². The highest BCUT2D eigenvalue weighted by Crippen LogP contribution is 2.35. The van der Waals surface area contributed by atoms with Gasteiger partial charge in [-0.15, -0.1) is 0 Å². The van der Waals surface area contributed by atoms with E-state index >= 15 is 0 Å². The Hall–Kier alpha value is -2.46. The first-order valence-electron chi connectivity index (χ1n) is 13.6. The molecule has 2 saturated heterocycles. The van der Waals surface area contributed by atoms with Crippen LogP contribution in [0.1, 0.15) is 52.1 Å². The van der Waals surface area contributed by atoms with Crippen LogP contribution in [-0.2, 0) is 18.3 Å². The van der Waals surface area contributed by atoms with Gasteiger partial charge in [-0.25, -0.2) is 9.78 Å². The van der Waals surface area contributed by atoms with E-state index in [0.717, 1.165) is 24.5 Å². The molecule has 206 valence electrons. The molecular weight excluding hydrogens is 504 g/mol. The highest BCUT2D eigenvalue weighted by atomic mass is 35.5. The van der Waals surface area contributed by atoms with Gasteiger partial charge in [0.25, 0.3) is 0 Å². The van der Waals surface area contributed by atoms with Gasteiger partial charge in [-0.3, -0.25) is 9.47 Å². The number of benzene rings is 1. The molecule has 4 heterocycles. The van der Waals surface area contributed by atoms with Crippen LogP contribution in [0.3, 0.4) is 0 Å². The Labute approximate surface area is 229 Å². The number of aliphatic hydroxyl groups excluding tert-OH is 1. The summed E-state index contributed by atoms with van der Waals surface area (Å²) in [5, 5.41) is 11.0. The number of rotatable bonds is 7. The molecule has 5 atom stereocenters. The van der Waals surface area contributed by atoms with Crippen molar-refractivity contribution in [1.82, 2.24) is 24.0 Å². The Balaban J connectivity index is 1.45. The molecule has 0 radical (unpaired) electrons. The molecular formula is C28H39ClN6O3. The van der Waals surface area contributed by atoms with Crippen molar-refractivity contribution < 1.29 is 9.84 Å². The number of halogens is 1. The number of hydrogen-bond acceptors (Lipinski definition) is 7. The number of aryl methyl sites for hydroxylation is 1. The second-order valence-corrected chi connectivity index (χ2v) is 11.8.